The van der Waals surface area contributed by atoms with Crippen molar-refractivity contribution in [1.29, 1.82) is 5.26 Å². The molecule has 0 aliphatic heterocycles. The van der Waals surface area contributed by atoms with Gasteiger partial charge in [-0.2, -0.15) is 5.26 Å². The van der Waals surface area contributed by atoms with Gasteiger partial charge < -0.3 is 4.74 Å². The fourth-order valence-electron chi connectivity index (χ4n) is 2.43. The first-order chi connectivity index (χ1) is 9.30. The molecule has 0 saturated heterocycles. The van der Waals surface area contributed by atoms with Crippen LogP contribution in [0.4, 0.5) is 0 Å². The van der Waals surface area contributed by atoms with Gasteiger partial charge in [-0.1, -0.05) is 49.6 Å². The molecule has 1 aliphatic rings. The summed E-state index contributed by atoms with van der Waals surface area (Å²) in [5.74, 6) is 0.850. The maximum atomic E-state index is 9.50. The number of benzene rings is 1. The Kier molecular flexibility index (Phi) is 4.95. The average molecular weight is 258 g/mol. The maximum Gasteiger partial charge on any atom is 0.155 e. The van der Waals surface area contributed by atoms with Crippen molar-refractivity contribution in [2.75, 3.05) is 20.3 Å². The van der Waals surface area contributed by atoms with Crippen LogP contribution in [-0.4, -0.2) is 20.3 Å². The highest BCUT2D eigenvalue weighted by Crippen LogP contribution is 2.29. The fourth-order valence-corrected chi connectivity index (χ4v) is 2.43. The van der Waals surface area contributed by atoms with E-state index in [2.05, 4.69) is 11.4 Å². The number of hydrogen-bond donors (Lipinski definition) is 1. The summed E-state index contributed by atoms with van der Waals surface area (Å²) in [4.78, 5) is 0. The van der Waals surface area contributed by atoms with Crippen molar-refractivity contribution in [2.45, 2.75) is 31.2 Å². The first-order valence-corrected chi connectivity index (χ1v) is 7.04. The molecule has 0 radical (unpaired) electrons. The molecule has 1 aromatic rings. The maximum absolute atomic E-state index is 9.50. The lowest BCUT2D eigenvalue weighted by Gasteiger charge is -2.28. The summed E-state index contributed by atoms with van der Waals surface area (Å²) in [7, 11) is 1.81. The second-order valence-electron chi connectivity index (χ2n) is 5.27. The van der Waals surface area contributed by atoms with Crippen LogP contribution in [0.5, 0.6) is 0 Å². The van der Waals surface area contributed by atoms with Crippen LogP contribution in [0.2, 0.25) is 0 Å². The van der Waals surface area contributed by atoms with Gasteiger partial charge in [0.2, 0.25) is 0 Å². The van der Waals surface area contributed by atoms with Crippen LogP contribution in [0, 0.1) is 17.2 Å². The molecule has 3 nitrogen and oxygen atoms in total. The molecule has 0 heterocycles. The van der Waals surface area contributed by atoms with Crippen LogP contribution in [0.15, 0.2) is 30.3 Å². The zero-order chi connectivity index (χ0) is 13.6. The zero-order valence-corrected chi connectivity index (χ0v) is 11.6. The predicted molar refractivity (Wildman–Crippen MR) is 75.6 cm³/mol. The topological polar surface area (TPSA) is 45.0 Å². The average Bonchev–Trinajstić information content (AvgIpc) is 2.42. The standard InChI is InChI=1S/C16H22N2O/c1-18-16(12-17,15-8-3-2-4-9-15)13-19-11-10-14-6-5-7-14/h2-4,8-9,14,18H,5-7,10-11,13H2,1H3. The molecule has 1 aliphatic carbocycles. The van der Waals surface area contributed by atoms with E-state index in [1.54, 1.807) is 0 Å². The van der Waals surface area contributed by atoms with E-state index in [1.807, 2.05) is 37.4 Å². The third kappa shape index (κ3) is 3.34. The first-order valence-electron chi connectivity index (χ1n) is 7.04. The number of rotatable bonds is 7. The minimum absolute atomic E-state index is 0.400. The molecular formula is C16H22N2O. The van der Waals surface area contributed by atoms with Gasteiger partial charge in [0, 0.05) is 6.61 Å². The molecule has 1 atom stereocenters. The van der Waals surface area contributed by atoms with E-state index in [9.17, 15) is 5.26 Å². The Morgan fingerprint density at radius 2 is 2.11 bits per heavy atom. The largest absolute Gasteiger partial charge is 0.378 e. The normalized spacial score (nSPS) is 18.3. The third-order valence-electron chi connectivity index (χ3n) is 4.10. The monoisotopic (exact) mass is 258 g/mol. The number of ether oxygens (including phenoxy) is 1. The van der Waals surface area contributed by atoms with Crippen molar-refractivity contribution in [3.8, 4) is 6.07 Å². The molecule has 1 aromatic carbocycles. The van der Waals surface area contributed by atoms with E-state index in [1.165, 1.54) is 19.3 Å². The van der Waals surface area contributed by atoms with Gasteiger partial charge in [0.05, 0.1) is 12.7 Å². The Bertz CT molecular complexity index is 422. The summed E-state index contributed by atoms with van der Waals surface area (Å²) in [5.41, 5.74) is 0.226. The number of likely N-dealkylation sites (N-methyl/N-ethyl adjacent to an activating group) is 1. The van der Waals surface area contributed by atoms with E-state index in [0.29, 0.717) is 6.61 Å². The van der Waals surface area contributed by atoms with Gasteiger partial charge >= 0.3 is 0 Å². The molecule has 102 valence electrons. The van der Waals surface area contributed by atoms with Crippen molar-refractivity contribution in [3.63, 3.8) is 0 Å². The van der Waals surface area contributed by atoms with Crippen molar-refractivity contribution < 1.29 is 4.74 Å². The highest BCUT2D eigenvalue weighted by molar-refractivity contribution is 5.31. The first kappa shape index (κ1) is 14.0. The minimum Gasteiger partial charge on any atom is -0.378 e. The summed E-state index contributed by atoms with van der Waals surface area (Å²) in [5, 5.41) is 12.6. The molecule has 1 fully saturated rings. The molecule has 1 N–H and O–H groups in total. The predicted octanol–water partition coefficient (Wildman–Crippen LogP) is 2.83. The van der Waals surface area contributed by atoms with E-state index in [4.69, 9.17) is 4.74 Å². The van der Waals surface area contributed by atoms with Gasteiger partial charge in [0.1, 0.15) is 0 Å². The van der Waals surface area contributed by atoms with Crippen LogP contribution >= 0.6 is 0 Å². The third-order valence-corrected chi connectivity index (χ3v) is 4.10. The highest BCUT2D eigenvalue weighted by Gasteiger charge is 2.30. The van der Waals surface area contributed by atoms with E-state index in [0.717, 1.165) is 24.5 Å². The van der Waals surface area contributed by atoms with Gasteiger partial charge in [-0.3, -0.25) is 5.32 Å². The Morgan fingerprint density at radius 3 is 2.63 bits per heavy atom. The molecule has 0 aromatic heterocycles. The lowest BCUT2D eigenvalue weighted by molar-refractivity contribution is 0.0727. The lowest BCUT2D eigenvalue weighted by Crippen LogP contribution is -2.43. The number of nitriles is 1. The van der Waals surface area contributed by atoms with E-state index < -0.39 is 5.54 Å². The summed E-state index contributed by atoms with van der Waals surface area (Å²) in [6.45, 7) is 1.15. The number of nitrogens with zero attached hydrogens (tertiary/aromatic N) is 1. The lowest BCUT2D eigenvalue weighted by atomic mass is 9.83. The number of hydrogen-bond acceptors (Lipinski definition) is 3. The molecule has 2 rings (SSSR count). The van der Waals surface area contributed by atoms with Crippen molar-refractivity contribution in [2.24, 2.45) is 5.92 Å². The SMILES string of the molecule is CNC(C#N)(COCCC1CCC1)c1ccccc1. The van der Waals surface area contributed by atoms with Gasteiger partial charge in [-0.05, 0) is 24.9 Å². The quantitative estimate of drug-likeness (QED) is 0.765. The second kappa shape index (κ2) is 6.70. The second-order valence-corrected chi connectivity index (χ2v) is 5.27. The fraction of sp³-hybridized carbons (Fsp3) is 0.562. The molecule has 1 saturated carbocycles. The van der Waals surface area contributed by atoms with Crippen LogP contribution in [0.25, 0.3) is 0 Å². The van der Waals surface area contributed by atoms with Crippen molar-refractivity contribution >= 4 is 0 Å². The summed E-state index contributed by atoms with van der Waals surface area (Å²) >= 11 is 0. The van der Waals surface area contributed by atoms with Crippen molar-refractivity contribution in [3.05, 3.63) is 35.9 Å². The zero-order valence-electron chi connectivity index (χ0n) is 11.6. The molecule has 3 heteroatoms. The molecule has 0 spiro atoms. The Balaban J connectivity index is 1.90. The van der Waals surface area contributed by atoms with Crippen LogP contribution in [0.3, 0.4) is 0 Å². The Hall–Kier alpha value is -1.37. The van der Waals surface area contributed by atoms with Gasteiger partial charge in [-0.25, -0.2) is 0 Å². The van der Waals surface area contributed by atoms with Crippen LogP contribution in [-0.2, 0) is 10.3 Å². The molecular weight excluding hydrogens is 236 g/mol. The Labute approximate surface area is 115 Å². The summed E-state index contributed by atoms with van der Waals surface area (Å²) in [6.07, 6.45) is 5.18. The molecule has 0 bridgehead atoms. The molecule has 19 heavy (non-hydrogen) atoms. The molecule has 1 unspecified atom stereocenters. The van der Waals surface area contributed by atoms with E-state index >= 15 is 0 Å². The highest BCUT2D eigenvalue weighted by atomic mass is 16.5. The smallest absolute Gasteiger partial charge is 0.155 e. The van der Waals surface area contributed by atoms with Gasteiger partial charge in [0.15, 0.2) is 5.54 Å². The van der Waals surface area contributed by atoms with Crippen LogP contribution in [0.1, 0.15) is 31.2 Å². The van der Waals surface area contributed by atoms with Gasteiger partial charge in [0.25, 0.3) is 0 Å². The Morgan fingerprint density at radius 1 is 1.37 bits per heavy atom. The number of nitrogens with one attached hydrogen (secondary N) is 1. The van der Waals surface area contributed by atoms with Crippen LogP contribution < -0.4 is 5.32 Å². The van der Waals surface area contributed by atoms with Crippen molar-refractivity contribution in [1.82, 2.24) is 5.32 Å². The van der Waals surface area contributed by atoms with E-state index in [-0.39, 0.29) is 0 Å². The summed E-state index contributed by atoms with van der Waals surface area (Å²) in [6, 6.07) is 12.2. The van der Waals surface area contributed by atoms with Gasteiger partial charge in [-0.15, -0.1) is 0 Å². The minimum atomic E-state index is -0.735. The molecule has 0 amide bonds. The summed E-state index contributed by atoms with van der Waals surface area (Å²) < 4.78 is 5.76.